The summed E-state index contributed by atoms with van der Waals surface area (Å²) >= 11 is 1.29. The first-order chi connectivity index (χ1) is 15.6. The standard InChI is InChI=1S/C23H28N4O4S2/c1-14-6-7-18(15(2)12-14)25-33(29,30)20-13-19(26(5)17(20)4)22-24-16(3)21(32-22)23(28)27-8-10-31-11-9-27/h6-7,12-13,25H,8-11H2,1-5H3. The van der Waals surface area contributed by atoms with Gasteiger partial charge in [-0.15, -0.1) is 11.3 Å². The van der Waals surface area contributed by atoms with Crippen LogP contribution in [0, 0.1) is 27.7 Å². The van der Waals surface area contributed by atoms with Crippen molar-refractivity contribution in [2.24, 2.45) is 7.05 Å². The van der Waals surface area contributed by atoms with E-state index in [0.29, 0.717) is 59.0 Å². The summed E-state index contributed by atoms with van der Waals surface area (Å²) in [7, 11) is -2.00. The van der Waals surface area contributed by atoms with Crippen LogP contribution in [0.2, 0.25) is 0 Å². The summed E-state index contributed by atoms with van der Waals surface area (Å²) in [5.74, 6) is -0.0603. The molecule has 33 heavy (non-hydrogen) atoms. The number of rotatable bonds is 5. The van der Waals surface area contributed by atoms with Crippen LogP contribution >= 0.6 is 11.3 Å². The minimum atomic E-state index is -3.81. The number of aryl methyl sites for hydroxylation is 3. The molecule has 1 N–H and O–H groups in total. The van der Waals surface area contributed by atoms with Gasteiger partial charge in [0.1, 0.15) is 14.8 Å². The van der Waals surface area contributed by atoms with Gasteiger partial charge in [0.2, 0.25) is 0 Å². The second-order valence-electron chi connectivity index (χ2n) is 8.30. The van der Waals surface area contributed by atoms with E-state index >= 15 is 0 Å². The second-order valence-corrected chi connectivity index (χ2v) is 11.0. The van der Waals surface area contributed by atoms with Crippen LogP contribution in [0.3, 0.4) is 0 Å². The molecule has 0 spiro atoms. The van der Waals surface area contributed by atoms with Gasteiger partial charge in [0.25, 0.3) is 15.9 Å². The summed E-state index contributed by atoms with van der Waals surface area (Å²) in [5.41, 5.74) is 4.36. The zero-order valence-electron chi connectivity index (χ0n) is 19.4. The van der Waals surface area contributed by atoms with E-state index in [0.717, 1.165) is 11.1 Å². The van der Waals surface area contributed by atoms with Crippen LogP contribution < -0.4 is 4.72 Å². The summed E-state index contributed by atoms with van der Waals surface area (Å²) in [4.78, 5) is 20.1. The normalized spacial score (nSPS) is 14.5. The van der Waals surface area contributed by atoms with Gasteiger partial charge < -0.3 is 14.2 Å². The molecule has 8 nitrogen and oxygen atoms in total. The third kappa shape index (κ3) is 4.55. The Morgan fingerprint density at radius 3 is 2.48 bits per heavy atom. The number of amides is 1. The summed E-state index contributed by atoms with van der Waals surface area (Å²) < 4.78 is 36.3. The van der Waals surface area contributed by atoms with Crippen LogP contribution in [0.25, 0.3) is 10.7 Å². The number of carbonyl (C=O) groups is 1. The highest BCUT2D eigenvalue weighted by atomic mass is 32.2. The Morgan fingerprint density at radius 2 is 1.82 bits per heavy atom. The first-order valence-corrected chi connectivity index (χ1v) is 13.0. The van der Waals surface area contributed by atoms with E-state index in [4.69, 9.17) is 4.74 Å². The van der Waals surface area contributed by atoms with Gasteiger partial charge in [0.15, 0.2) is 0 Å². The lowest BCUT2D eigenvalue weighted by atomic mass is 10.1. The molecule has 1 amide bonds. The average molecular weight is 489 g/mol. The molecule has 1 aliphatic rings. The molecule has 1 saturated heterocycles. The van der Waals surface area contributed by atoms with Crippen molar-refractivity contribution in [2.45, 2.75) is 32.6 Å². The zero-order valence-corrected chi connectivity index (χ0v) is 21.1. The average Bonchev–Trinajstić information content (AvgIpc) is 3.30. The molecule has 0 bridgehead atoms. The molecule has 0 unspecified atom stereocenters. The fourth-order valence-electron chi connectivity index (χ4n) is 3.89. The molecule has 0 radical (unpaired) electrons. The lowest BCUT2D eigenvalue weighted by Gasteiger charge is -2.26. The number of ether oxygens (including phenoxy) is 1. The van der Waals surface area contributed by atoms with E-state index in [1.54, 1.807) is 35.6 Å². The van der Waals surface area contributed by atoms with Crippen LogP contribution in [0.15, 0.2) is 29.2 Å². The number of hydrogen-bond acceptors (Lipinski definition) is 6. The number of hydrogen-bond donors (Lipinski definition) is 1. The molecular weight excluding hydrogens is 460 g/mol. The molecule has 3 heterocycles. The predicted molar refractivity (Wildman–Crippen MR) is 129 cm³/mol. The molecule has 2 aromatic heterocycles. The number of thiazole rings is 1. The van der Waals surface area contributed by atoms with Crippen molar-refractivity contribution < 1.29 is 17.9 Å². The summed E-state index contributed by atoms with van der Waals surface area (Å²) in [6, 6.07) is 7.21. The third-order valence-electron chi connectivity index (χ3n) is 5.91. The van der Waals surface area contributed by atoms with Crippen molar-refractivity contribution in [3.05, 3.63) is 51.7 Å². The van der Waals surface area contributed by atoms with Gasteiger partial charge in [-0.3, -0.25) is 9.52 Å². The minimum absolute atomic E-state index is 0.0603. The van der Waals surface area contributed by atoms with E-state index in [1.807, 2.05) is 32.9 Å². The molecule has 4 rings (SSSR count). The Balaban J connectivity index is 1.67. The van der Waals surface area contributed by atoms with Crippen molar-refractivity contribution in [3.63, 3.8) is 0 Å². The maximum atomic E-state index is 13.2. The van der Waals surface area contributed by atoms with E-state index < -0.39 is 10.0 Å². The topological polar surface area (TPSA) is 93.5 Å². The maximum Gasteiger partial charge on any atom is 0.266 e. The molecule has 176 valence electrons. The van der Waals surface area contributed by atoms with E-state index in [-0.39, 0.29) is 10.8 Å². The summed E-state index contributed by atoms with van der Waals surface area (Å²) in [5, 5.41) is 0.614. The lowest BCUT2D eigenvalue weighted by Crippen LogP contribution is -2.40. The maximum absolute atomic E-state index is 13.2. The number of morpholine rings is 1. The first-order valence-electron chi connectivity index (χ1n) is 10.7. The van der Waals surface area contributed by atoms with Crippen LogP contribution in [0.5, 0.6) is 0 Å². The smallest absolute Gasteiger partial charge is 0.266 e. The zero-order chi connectivity index (χ0) is 23.9. The third-order valence-corrected chi connectivity index (χ3v) is 8.56. The highest BCUT2D eigenvalue weighted by Gasteiger charge is 2.27. The highest BCUT2D eigenvalue weighted by Crippen LogP contribution is 2.34. The molecular formula is C23H28N4O4S2. The fraction of sp³-hybridized carbons (Fsp3) is 0.391. The Hall–Kier alpha value is -2.69. The van der Waals surface area contributed by atoms with Crippen molar-refractivity contribution >= 4 is 33.0 Å². The number of anilines is 1. The second kappa shape index (κ2) is 8.92. The van der Waals surface area contributed by atoms with E-state index in [2.05, 4.69) is 9.71 Å². The molecule has 3 aromatic rings. The van der Waals surface area contributed by atoms with Crippen molar-refractivity contribution in [2.75, 3.05) is 31.0 Å². The minimum Gasteiger partial charge on any atom is -0.378 e. The van der Waals surface area contributed by atoms with Crippen LogP contribution in [0.4, 0.5) is 5.69 Å². The van der Waals surface area contributed by atoms with Gasteiger partial charge in [-0.2, -0.15) is 0 Å². The molecule has 0 atom stereocenters. The van der Waals surface area contributed by atoms with Crippen molar-refractivity contribution in [1.29, 1.82) is 0 Å². The molecule has 1 fully saturated rings. The van der Waals surface area contributed by atoms with Gasteiger partial charge in [-0.05, 0) is 45.4 Å². The van der Waals surface area contributed by atoms with Gasteiger partial charge >= 0.3 is 0 Å². The van der Waals surface area contributed by atoms with Gasteiger partial charge in [0.05, 0.1) is 30.3 Å². The van der Waals surface area contributed by atoms with Crippen molar-refractivity contribution in [3.8, 4) is 10.7 Å². The molecule has 0 aliphatic carbocycles. The number of aromatic nitrogens is 2. The number of nitrogens with zero attached hydrogens (tertiary/aromatic N) is 3. The fourth-order valence-corrected chi connectivity index (χ4v) is 6.40. The van der Waals surface area contributed by atoms with E-state index in [1.165, 1.54) is 11.3 Å². The number of sulfonamides is 1. The lowest BCUT2D eigenvalue weighted by molar-refractivity contribution is 0.0305. The summed E-state index contributed by atoms with van der Waals surface area (Å²) in [6.45, 7) is 9.59. The quantitative estimate of drug-likeness (QED) is 0.592. The number of nitrogens with one attached hydrogen (secondary N) is 1. The van der Waals surface area contributed by atoms with Crippen LogP contribution in [0.1, 0.15) is 32.2 Å². The first kappa shape index (κ1) is 23.5. The van der Waals surface area contributed by atoms with E-state index in [9.17, 15) is 13.2 Å². The number of carbonyl (C=O) groups excluding carboxylic acids is 1. The van der Waals surface area contributed by atoms with Gasteiger partial charge in [-0.25, -0.2) is 13.4 Å². The molecule has 0 saturated carbocycles. The van der Waals surface area contributed by atoms with Gasteiger partial charge in [0, 0.05) is 25.8 Å². The largest absolute Gasteiger partial charge is 0.378 e. The Bertz CT molecular complexity index is 1320. The summed E-state index contributed by atoms with van der Waals surface area (Å²) in [6.07, 6.45) is 0. The molecule has 1 aliphatic heterocycles. The van der Waals surface area contributed by atoms with Crippen LogP contribution in [-0.2, 0) is 21.8 Å². The monoisotopic (exact) mass is 488 g/mol. The SMILES string of the molecule is Cc1ccc(NS(=O)(=O)c2cc(-c3nc(C)c(C(=O)N4CCOCC4)s3)n(C)c2C)c(C)c1. The Labute approximate surface area is 198 Å². The number of benzene rings is 1. The molecule has 10 heteroatoms. The Kier molecular flexibility index (Phi) is 6.35. The van der Waals surface area contributed by atoms with Crippen molar-refractivity contribution in [1.82, 2.24) is 14.5 Å². The predicted octanol–water partition coefficient (Wildman–Crippen LogP) is 3.66. The van der Waals surface area contributed by atoms with Crippen LogP contribution in [-0.4, -0.2) is 55.1 Å². The molecule has 1 aromatic carbocycles. The highest BCUT2D eigenvalue weighted by molar-refractivity contribution is 7.92. The van der Waals surface area contributed by atoms with Gasteiger partial charge in [-0.1, -0.05) is 17.7 Å². The Morgan fingerprint density at radius 1 is 1.12 bits per heavy atom.